The summed E-state index contributed by atoms with van der Waals surface area (Å²) < 4.78 is 5.76. The first kappa shape index (κ1) is 15.7. The van der Waals surface area contributed by atoms with Gasteiger partial charge in [0.15, 0.2) is 0 Å². The largest absolute Gasteiger partial charge is 0.489 e. The van der Waals surface area contributed by atoms with Gasteiger partial charge in [-0.25, -0.2) is 4.98 Å². The summed E-state index contributed by atoms with van der Waals surface area (Å²) in [6.45, 7) is 2.35. The molecule has 0 aliphatic heterocycles. The first-order chi connectivity index (χ1) is 11.7. The van der Waals surface area contributed by atoms with Crippen LogP contribution >= 0.6 is 0 Å². The SMILES string of the molecule is Cc1cccc(NC(=O)c2cccc(OCc3ccccc3)c2)n1. The van der Waals surface area contributed by atoms with Crippen LogP contribution in [0.4, 0.5) is 5.82 Å². The fraction of sp³-hybridized carbons (Fsp3) is 0.100. The Bertz CT molecular complexity index is 832. The second-order valence-electron chi connectivity index (χ2n) is 5.42. The number of amides is 1. The standard InChI is InChI=1S/C20H18N2O2/c1-15-7-5-12-19(21-15)22-20(23)17-10-6-11-18(13-17)24-14-16-8-3-2-4-9-16/h2-13H,14H2,1H3,(H,21,22,23). The third-order valence-corrected chi connectivity index (χ3v) is 3.47. The van der Waals surface area contributed by atoms with E-state index in [9.17, 15) is 4.79 Å². The number of aromatic nitrogens is 1. The lowest BCUT2D eigenvalue weighted by Gasteiger charge is -2.09. The van der Waals surface area contributed by atoms with E-state index in [2.05, 4.69) is 10.3 Å². The molecule has 0 atom stereocenters. The summed E-state index contributed by atoms with van der Waals surface area (Å²) in [5, 5.41) is 2.79. The lowest BCUT2D eigenvalue weighted by molar-refractivity contribution is 0.102. The molecule has 1 aromatic heterocycles. The number of nitrogens with one attached hydrogen (secondary N) is 1. The third kappa shape index (κ3) is 4.20. The van der Waals surface area contributed by atoms with Gasteiger partial charge in [-0.15, -0.1) is 0 Å². The average Bonchev–Trinajstić information content (AvgIpc) is 2.61. The molecule has 1 amide bonds. The first-order valence-corrected chi connectivity index (χ1v) is 7.72. The molecular weight excluding hydrogens is 300 g/mol. The number of benzene rings is 2. The van der Waals surface area contributed by atoms with E-state index in [-0.39, 0.29) is 5.91 Å². The number of anilines is 1. The van der Waals surface area contributed by atoms with Crippen molar-refractivity contribution in [3.8, 4) is 5.75 Å². The van der Waals surface area contributed by atoms with Gasteiger partial charge in [0, 0.05) is 11.3 Å². The molecule has 0 radical (unpaired) electrons. The lowest BCUT2D eigenvalue weighted by Crippen LogP contribution is -2.13. The Balaban J connectivity index is 1.67. The molecule has 0 unspecified atom stereocenters. The van der Waals surface area contributed by atoms with E-state index in [1.54, 1.807) is 24.3 Å². The molecular formula is C20H18N2O2. The van der Waals surface area contributed by atoms with Crippen LogP contribution in [0.1, 0.15) is 21.6 Å². The highest BCUT2D eigenvalue weighted by molar-refractivity contribution is 6.04. The Morgan fingerprint density at radius 3 is 2.58 bits per heavy atom. The van der Waals surface area contributed by atoms with Crippen LogP contribution in [-0.2, 0) is 6.61 Å². The Morgan fingerprint density at radius 1 is 1.00 bits per heavy atom. The molecule has 0 saturated heterocycles. The summed E-state index contributed by atoms with van der Waals surface area (Å²) in [4.78, 5) is 16.6. The second-order valence-corrected chi connectivity index (χ2v) is 5.42. The average molecular weight is 318 g/mol. The van der Waals surface area contributed by atoms with Gasteiger partial charge in [0.25, 0.3) is 5.91 Å². The van der Waals surface area contributed by atoms with Gasteiger partial charge in [-0.1, -0.05) is 42.5 Å². The number of ether oxygens (including phenoxy) is 1. The highest BCUT2D eigenvalue weighted by Crippen LogP contribution is 2.16. The molecule has 4 heteroatoms. The number of pyridine rings is 1. The van der Waals surface area contributed by atoms with E-state index in [0.29, 0.717) is 23.7 Å². The molecule has 1 heterocycles. The molecule has 2 aromatic carbocycles. The van der Waals surface area contributed by atoms with E-state index < -0.39 is 0 Å². The number of nitrogens with zero attached hydrogens (tertiary/aromatic N) is 1. The van der Waals surface area contributed by atoms with Gasteiger partial charge >= 0.3 is 0 Å². The van der Waals surface area contributed by atoms with E-state index in [1.807, 2.05) is 55.5 Å². The van der Waals surface area contributed by atoms with Gasteiger partial charge in [0.1, 0.15) is 18.2 Å². The van der Waals surface area contributed by atoms with E-state index in [4.69, 9.17) is 4.74 Å². The summed E-state index contributed by atoms with van der Waals surface area (Å²) in [6, 6.07) is 22.5. The van der Waals surface area contributed by atoms with Crippen molar-refractivity contribution in [2.45, 2.75) is 13.5 Å². The fourth-order valence-corrected chi connectivity index (χ4v) is 2.27. The Labute approximate surface area is 141 Å². The van der Waals surface area contributed by atoms with Crippen LogP contribution in [0.15, 0.2) is 72.8 Å². The quantitative estimate of drug-likeness (QED) is 0.766. The van der Waals surface area contributed by atoms with Crippen LogP contribution in [0.25, 0.3) is 0 Å². The Kier molecular flexibility index (Phi) is 4.87. The zero-order valence-electron chi connectivity index (χ0n) is 13.4. The number of carbonyl (C=O) groups is 1. The Morgan fingerprint density at radius 2 is 1.79 bits per heavy atom. The molecule has 120 valence electrons. The van der Waals surface area contributed by atoms with Crippen molar-refractivity contribution >= 4 is 11.7 Å². The minimum Gasteiger partial charge on any atom is -0.489 e. The molecule has 3 rings (SSSR count). The van der Waals surface area contributed by atoms with Crippen LogP contribution < -0.4 is 10.1 Å². The highest BCUT2D eigenvalue weighted by atomic mass is 16.5. The van der Waals surface area contributed by atoms with E-state index >= 15 is 0 Å². The van der Waals surface area contributed by atoms with Gasteiger partial charge in [-0.05, 0) is 42.8 Å². The minimum absolute atomic E-state index is 0.210. The molecule has 0 saturated carbocycles. The summed E-state index contributed by atoms with van der Waals surface area (Å²) in [7, 11) is 0. The molecule has 1 N–H and O–H groups in total. The topological polar surface area (TPSA) is 51.2 Å². The molecule has 3 aromatic rings. The predicted octanol–water partition coefficient (Wildman–Crippen LogP) is 4.22. The van der Waals surface area contributed by atoms with Gasteiger partial charge in [-0.2, -0.15) is 0 Å². The highest BCUT2D eigenvalue weighted by Gasteiger charge is 2.08. The summed E-state index contributed by atoms with van der Waals surface area (Å²) in [5.41, 5.74) is 2.47. The van der Waals surface area contributed by atoms with Gasteiger partial charge in [0.2, 0.25) is 0 Å². The van der Waals surface area contributed by atoms with Crippen molar-refractivity contribution in [2.75, 3.05) is 5.32 Å². The third-order valence-electron chi connectivity index (χ3n) is 3.47. The normalized spacial score (nSPS) is 10.2. The minimum atomic E-state index is -0.210. The number of carbonyl (C=O) groups excluding carboxylic acids is 1. The molecule has 0 spiro atoms. The summed E-state index contributed by atoms with van der Waals surface area (Å²) in [6.07, 6.45) is 0. The van der Waals surface area contributed by atoms with Crippen LogP contribution in [0.2, 0.25) is 0 Å². The maximum Gasteiger partial charge on any atom is 0.256 e. The van der Waals surface area contributed by atoms with Gasteiger partial charge in [0.05, 0.1) is 0 Å². The smallest absolute Gasteiger partial charge is 0.256 e. The number of rotatable bonds is 5. The molecule has 24 heavy (non-hydrogen) atoms. The fourth-order valence-electron chi connectivity index (χ4n) is 2.27. The molecule has 4 nitrogen and oxygen atoms in total. The second kappa shape index (κ2) is 7.42. The maximum absolute atomic E-state index is 12.3. The number of hydrogen-bond donors (Lipinski definition) is 1. The van der Waals surface area contributed by atoms with Crippen LogP contribution in [0, 0.1) is 6.92 Å². The van der Waals surface area contributed by atoms with Crippen LogP contribution in [0.5, 0.6) is 5.75 Å². The van der Waals surface area contributed by atoms with Crippen molar-refractivity contribution in [2.24, 2.45) is 0 Å². The number of aryl methyl sites for hydroxylation is 1. The van der Waals surface area contributed by atoms with Crippen molar-refractivity contribution in [3.05, 3.63) is 89.6 Å². The van der Waals surface area contributed by atoms with Crippen molar-refractivity contribution in [1.29, 1.82) is 0 Å². The van der Waals surface area contributed by atoms with Gasteiger partial charge in [-0.3, -0.25) is 4.79 Å². The monoisotopic (exact) mass is 318 g/mol. The van der Waals surface area contributed by atoms with Crippen molar-refractivity contribution in [3.63, 3.8) is 0 Å². The molecule has 0 bridgehead atoms. The molecule has 0 fully saturated rings. The summed E-state index contributed by atoms with van der Waals surface area (Å²) >= 11 is 0. The molecule has 0 aliphatic carbocycles. The lowest BCUT2D eigenvalue weighted by atomic mass is 10.2. The summed E-state index contributed by atoms with van der Waals surface area (Å²) in [5.74, 6) is 0.984. The van der Waals surface area contributed by atoms with Crippen molar-refractivity contribution in [1.82, 2.24) is 4.98 Å². The first-order valence-electron chi connectivity index (χ1n) is 7.72. The van der Waals surface area contributed by atoms with Gasteiger partial charge < -0.3 is 10.1 Å². The zero-order valence-corrected chi connectivity index (χ0v) is 13.4. The molecule has 0 aliphatic rings. The number of hydrogen-bond acceptors (Lipinski definition) is 3. The van der Waals surface area contributed by atoms with E-state index in [0.717, 1.165) is 11.3 Å². The van der Waals surface area contributed by atoms with Crippen LogP contribution in [0.3, 0.4) is 0 Å². The van der Waals surface area contributed by atoms with E-state index in [1.165, 1.54) is 0 Å². The maximum atomic E-state index is 12.3. The van der Waals surface area contributed by atoms with Crippen molar-refractivity contribution < 1.29 is 9.53 Å². The zero-order chi connectivity index (χ0) is 16.8. The predicted molar refractivity (Wildman–Crippen MR) is 94.1 cm³/mol. The Hall–Kier alpha value is -3.14. The van der Waals surface area contributed by atoms with Crippen LogP contribution in [-0.4, -0.2) is 10.9 Å².